The first kappa shape index (κ1) is 12.6. The number of nitrogens with one attached hydrogen (secondary N) is 1. The average Bonchev–Trinajstić information content (AvgIpc) is 2.28. The van der Waals surface area contributed by atoms with Gasteiger partial charge in [-0.15, -0.1) is 11.8 Å². The monoisotopic (exact) mass is 224 g/mol. The molecule has 0 aliphatic rings. The van der Waals surface area contributed by atoms with Gasteiger partial charge in [0.15, 0.2) is 0 Å². The van der Waals surface area contributed by atoms with Crippen molar-refractivity contribution >= 4 is 11.8 Å². The maximum atomic E-state index is 6.00. The molecule has 1 aromatic carbocycles. The van der Waals surface area contributed by atoms with Crippen molar-refractivity contribution in [2.45, 2.75) is 24.3 Å². The van der Waals surface area contributed by atoms with Gasteiger partial charge in [-0.3, -0.25) is 0 Å². The van der Waals surface area contributed by atoms with E-state index in [1.165, 1.54) is 4.90 Å². The molecule has 0 bridgehead atoms. The topological polar surface area (TPSA) is 38.0 Å². The lowest BCUT2D eigenvalue weighted by molar-refractivity contribution is 0.607. The minimum Gasteiger partial charge on any atom is -0.327 e. The molecule has 3 heteroatoms. The van der Waals surface area contributed by atoms with Gasteiger partial charge in [-0.05, 0) is 31.6 Å². The zero-order valence-electron chi connectivity index (χ0n) is 9.28. The fourth-order valence-corrected chi connectivity index (χ4v) is 2.19. The van der Waals surface area contributed by atoms with Crippen LogP contribution in [0.3, 0.4) is 0 Å². The fraction of sp³-hybridized carbons (Fsp3) is 0.500. The van der Waals surface area contributed by atoms with Crippen LogP contribution < -0.4 is 11.1 Å². The molecule has 0 amide bonds. The molecule has 0 spiro atoms. The number of nitrogens with two attached hydrogens (primary N) is 1. The molecule has 0 aliphatic carbocycles. The fourth-order valence-electron chi connectivity index (χ4n) is 1.27. The minimum absolute atomic E-state index is 0.286. The standard InChI is InChI=1S/C12H20N2S/c1-2-14-9-8-11(13)10-15-12-6-4-3-5-7-12/h3-7,11,14H,2,8-10,13H2,1H3. The van der Waals surface area contributed by atoms with Gasteiger partial charge >= 0.3 is 0 Å². The molecule has 0 aromatic heterocycles. The third-order valence-corrected chi connectivity index (χ3v) is 3.35. The van der Waals surface area contributed by atoms with Crippen molar-refractivity contribution in [3.8, 4) is 0 Å². The third kappa shape index (κ3) is 5.82. The molecule has 2 nitrogen and oxygen atoms in total. The maximum Gasteiger partial charge on any atom is 0.0146 e. The van der Waals surface area contributed by atoms with Crippen LogP contribution >= 0.6 is 11.8 Å². The first-order valence-electron chi connectivity index (χ1n) is 5.47. The van der Waals surface area contributed by atoms with Gasteiger partial charge in [-0.1, -0.05) is 25.1 Å². The molecular formula is C12H20N2S. The van der Waals surface area contributed by atoms with Crippen molar-refractivity contribution in [3.63, 3.8) is 0 Å². The first-order chi connectivity index (χ1) is 7.33. The third-order valence-electron chi connectivity index (χ3n) is 2.15. The van der Waals surface area contributed by atoms with E-state index in [0.717, 1.165) is 25.3 Å². The maximum absolute atomic E-state index is 6.00. The molecule has 1 unspecified atom stereocenters. The Labute approximate surface area is 96.6 Å². The van der Waals surface area contributed by atoms with Gasteiger partial charge in [0.25, 0.3) is 0 Å². The molecule has 0 saturated heterocycles. The molecular weight excluding hydrogens is 204 g/mol. The summed E-state index contributed by atoms with van der Waals surface area (Å²) in [6.45, 7) is 4.16. The molecule has 1 atom stereocenters. The quantitative estimate of drug-likeness (QED) is 0.550. The number of thioether (sulfide) groups is 1. The highest BCUT2D eigenvalue weighted by Crippen LogP contribution is 2.17. The first-order valence-corrected chi connectivity index (χ1v) is 6.45. The molecule has 0 fully saturated rings. The lowest BCUT2D eigenvalue weighted by Gasteiger charge is -2.11. The Morgan fingerprint density at radius 1 is 1.33 bits per heavy atom. The molecule has 0 saturated carbocycles. The Morgan fingerprint density at radius 3 is 2.73 bits per heavy atom. The van der Waals surface area contributed by atoms with Crippen molar-refractivity contribution in [1.82, 2.24) is 5.32 Å². The van der Waals surface area contributed by atoms with E-state index in [9.17, 15) is 0 Å². The molecule has 0 radical (unpaired) electrons. The SMILES string of the molecule is CCNCCC(N)CSc1ccccc1. The van der Waals surface area contributed by atoms with Crippen LogP contribution in [0.4, 0.5) is 0 Å². The molecule has 0 heterocycles. The van der Waals surface area contributed by atoms with Crippen LogP contribution in [0.1, 0.15) is 13.3 Å². The Morgan fingerprint density at radius 2 is 2.07 bits per heavy atom. The second-order valence-electron chi connectivity index (χ2n) is 3.53. The minimum atomic E-state index is 0.286. The summed E-state index contributed by atoms with van der Waals surface area (Å²) in [7, 11) is 0. The van der Waals surface area contributed by atoms with Gasteiger partial charge in [0.05, 0.1) is 0 Å². The number of hydrogen-bond acceptors (Lipinski definition) is 3. The van der Waals surface area contributed by atoms with Crippen LogP contribution in [0.15, 0.2) is 35.2 Å². The van der Waals surface area contributed by atoms with E-state index >= 15 is 0 Å². The number of benzene rings is 1. The summed E-state index contributed by atoms with van der Waals surface area (Å²) in [5.41, 5.74) is 6.00. The van der Waals surface area contributed by atoms with Gasteiger partial charge < -0.3 is 11.1 Å². The summed E-state index contributed by atoms with van der Waals surface area (Å²) in [5, 5.41) is 3.29. The van der Waals surface area contributed by atoms with Crippen molar-refractivity contribution in [3.05, 3.63) is 30.3 Å². The molecule has 15 heavy (non-hydrogen) atoms. The van der Waals surface area contributed by atoms with Crippen molar-refractivity contribution in [1.29, 1.82) is 0 Å². The zero-order valence-corrected chi connectivity index (χ0v) is 10.1. The second kappa shape index (κ2) is 7.74. The largest absolute Gasteiger partial charge is 0.327 e. The Hall–Kier alpha value is -0.510. The van der Waals surface area contributed by atoms with Crippen molar-refractivity contribution < 1.29 is 0 Å². The summed E-state index contributed by atoms with van der Waals surface area (Å²) in [6.07, 6.45) is 1.05. The molecule has 3 N–H and O–H groups in total. The zero-order chi connectivity index (χ0) is 10.9. The summed E-state index contributed by atoms with van der Waals surface area (Å²) in [6, 6.07) is 10.7. The normalized spacial score (nSPS) is 12.7. The van der Waals surface area contributed by atoms with E-state index in [4.69, 9.17) is 5.73 Å². The summed E-state index contributed by atoms with van der Waals surface area (Å²) < 4.78 is 0. The molecule has 1 aromatic rings. The van der Waals surface area contributed by atoms with Crippen LogP contribution in [0, 0.1) is 0 Å². The lowest BCUT2D eigenvalue weighted by Crippen LogP contribution is -2.28. The van der Waals surface area contributed by atoms with E-state index in [1.807, 2.05) is 17.8 Å². The van der Waals surface area contributed by atoms with Crippen LogP contribution in [0.25, 0.3) is 0 Å². The van der Waals surface area contributed by atoms with Gasteiger partial charge in [0.1, 0.15) is 0 Å². The molecule has 1 rings (SSSR count). The van der Waals surface area contributed by atoms with Crippen LogP contribution in [-0.2, 0) is 0 Å². The molecule has 0 aliphatic heterocycles. The highest BCUT2D eigenvalue weighted by Gasteiger charge is 2.02. The van der Waals surface area contributed by atoms with Gasteiger partial charge in [-0.2, -0.15) is 0 Å². The van der Waals surface area contributed by atoms with Gasteiger partial charge in [0, 0.05) is 16.7 Å². The van der Waals surface area contributed by atoms with E-state index in [1.54, 1.807) is 0 Å². The predicted molar refractivity (Wildman–Crippen MR) is 68.3 cm³/mol. The predicted octanol–water partition coefficient (Wildman–Crippen LogP) is 2.11. The van der Waals surface area contributed by atoms with E-state index < -0.39 is 0 Å². The summed E-state index contributed by atoms with van der Waals surface area (Å²) in [4.78, 5) is 1.30. The van der Waals surface area contributed by atoms with Gasteiger partial charge in [0.2, 0.25) is 0 Å². The van der Waals surface area contributed by atoms with E-state index in [2.05, 4.69) is 36.5 Å². The van der Waals surface area contributed by atoms with E-state index in [-0.39, 0.29) is 6.04 Å². The number of hydrogen-bond donors (Lipinski definition) is 2. The Kier molecular flexibility index (Phi) is 6.48. The molecule has 84 valence electrons. The van der Waals surface area contributed by atoms with Crippen LogP contribution in [0.2, 0.25) is 0 Å². The van der Waals surface area contributed by atoms with E-state index in [0.29, 0.717) is 0 Å². The smallest absolute Gasteiger partial charge is 0.0146 e. The van der Waals surface area contributed by atoms with Crippen molar-refractivity contribution in [2.24, 2.45) is 5.73 Å². The average molecular weight is 224 g/mol. The summed E-state index contributed by atoms with van der Waals surface area (Å²) >= 11 is 1.83. The van der Waals surface area contributed by atoms with Crippen LogP contribution in [-0.4, -0.2) is 24.9 Å². The van der Waals surface area contributed by atoms with Crippen LogP contribution in [0.5, 0.6) is 0 Å². The number of rotatable bonds is 7. The highest BCUT2D eigenvalue weighted by atomic mass is 32.2. The lowest BCUT2D eigenvalue weighted by atomic mass is 10.2. The summed E-state index contributed by atoms with van der Waals surface area (Å²) in [5.74, 6) is 0.995. The Balaban J connectivity index is 2.14. The van der Waals surface area contributed by atoms with Gasteiger partial charge in [-0.25, -0.2) is 0 Å². The van der Waals surface area contributed by atoms with Crippen molar-refractivity contribution in [2.75, 3.05) is 18.8 Å². The highest BCUT2D eigenvalue weighted by molar-refractivity contribution is 7.99. The second-order valence-corrected chi connectivity index (χ2v) is 4.62. The Bertz CT molecular complexity index is 251.